The highest BCUT2D eigenvalue weighted by molar-refractivity contribution is 6.31. The minimum atomic E-state index is -0.628. The molecule has 0 bridgehead atoms. The second kappa shape index (κ2) is 11.8. The molecule has 2 aromatic carbocycles. The van der Waals surface area contributed by atoms with E-state index < -0.39 is 6.04 Å². The van der Waals surface area contributed by atoms with Gasteiger partial charge in [-0.2, -0.15) is 0 Å². The smallest absolute Gasteiger partial charge is 0.290 e. The van der Waals surface area contributed by atoms with Crippen LogP contribution in [-0.4, -0.2) is 44.8 Å². The first-order valence-corrected chi connectivity index (χ1v) is 12.7. The predicted molar refractivity (Wildman–Crippen MR) is 139 cm³/mol. The second-order valence-corrected chi connectivity index (χ2v) is 9.32. The van der Waals surface area contributed by atoms with Gasteiger partial charge in [0, 0.05) is 25.3 Å². The number of carbonyl (C=O) groups excluding carboxylic acids is 1. The number of benzene rings is 2. The van der Waals surface area contributed by atoms with Crippen molar-refractivity contribution in [3.8, 4) is 11.5 Å². The lowest BCUT2D eigenvalue weighted by atomic mass is 9.98. The summed E-state index contributed by atoms with van der Waals surface area (Å²) in [4.78, 5) is 28.8. The summed E-state index contributed by atoms with van der Waals surface area (Å²) in [5, 5.41) is 0.770. The van der Waals surface area contributed by atoms with Crippen LogP contribution in [0.5, 0.6) is 11.5 Å². The summed E-state index contributed by atoms with van der Waals surface area (Å²) in [6.45, 7) is 3.65. The Balaban J connectivity index is 1.75. The van der Waals surface area contributed by atoms with E-state index in [0.717, 1.165) is 24.8 Å². The standard InChI is InChI=1S/C28H32ClNO6/c1-4-5-6-7-15-35-22-11-9-18(16-23(22)34-3)25-24-26(31)20-17-19(29)10-12-21(20)36-27(24)28(32)30(25)13-8-14-33-2/h9-12,16-17,25H,4-8,13-15H2,1-3H3. The number of unbranched alkanes of at least 4 members (excludes halogenated alkanes) is 3. The Morgan fingerprint density at radius 2 is 1.81 bits per heavy atom. The number of rotatable bonds is 12. The molecule has 8 heteroatoms. The van der Waals surface area contributed by atoms with Crippen molar-refractivity contribution in [1.82, 2.24) is 4.90 Å². The van der Waals surface area contributed by atoms with Crippen LogP contribution in [0.15, 0.2) is 45.6 Å². The monoisotopic (exact) mass is 513 g/mol. The zero-order valence-electron chi connectivity index (χ0n) is 21.0. The maximum Gasteiger partial charge on any atom is 0.290 e. The number of hydrogen-bond acceptors (Lipinski definition) is 6. The van der Waals surface area contributed by atoms with Gasteiger partial charge in [-0.25, -0.2) is 0 Å². The number of amides is 1. The number of hydrogen-bond donors (Lipinski definition) is 0. The third kappa shape index (κ3) is 5.22. The molecule has 1 aliphatic rings. The Morgan fingerprint density at radius 3 is 2.56 bits per heavy atom. The van der Waals surface area contributed by atoms with Gasteiger partial charge in [0.05, 0.1) is 30.7 Å². The maximum atomic E-state index is 13.6. The van der Waals surface area contributed by atoms with E-state index in [1.165, 1.54) is 6.42 Å². The van der Waals surface area contributed by atoms with Gasteiger partial charge in [-0.05, 0) is 48.7 Å². The van der Waals surface area contributed by atoms with E-state index in [0.29, 0.717) is 59.2 Å². The molecule has 1 atom stereocenters. The normalized spacial score (nSPS) is 14.9. The molecule has 0 aliphatic carbocycles. The SMILES string of the molecule is CCCCCCOc1ccc(C2c3c(oc4ccc(Cl)cc4c3=O)C(=O)N2CCCOC)cc1OC. The molecule has 0 saturated heterocycles. The molecule has 1 amide bonds. The van der Waals surface area contributed by atoms with Crippen LogP contribution in [0.4, 0.5) is 0 Å². The molecule has 0 N–H and O–H groups in total. The largest absolute Gasteiger partial charge is 0.493 e. The highest BCUT2D eigenvalue weighted by atomic mass is 35.5. The summed E-state index contributed by atoms with van der Waals surface area (Å²) in [5.41, 5.74) is 1.11. The molecule has 4 rings (SSSR count). The van der Waals surface area contributed by atoms with Gasteiger partial charge >= 0.3 is 0 Å². The fourth-order valence-electron chi connectivity index (χ4n) is 4.63. The Labute approximate surface area is 215 Å². The molecular formula is C28H32ClNO6. The van der Waals surface area contributed by atoms with Crippen LogP contribution in [0, 0.1) is 0 Å². The van der Waals surface area contributed by atoms with Crippen LogP contribution in [-0.2, 0) is 4.74 Å². The lowest BCUT2D eigenvalue weighted by Gasteiger charge is -2.25. The van der Waals surface area contributed by atoms with Crippen molar-refractivity contribution < 1.29 is 23.4 Å². The predicted octanol–water partition coefficient (Wildman–Crippen LogP) is 6.00. The molecule has 0 radical (unpaired) electrons. The van der Waals surface area contributed by atoms with Gasteiger partial charge in [0.2, 0.25) is 5.76 Å². The van der Waals surface area contributed by atoms with Crippen molar-refractivity contribution in [3.63, 3.8) is 0 Å². The Morgan fingerprint density at radius 1 is 0.972 bits per heavy atom. The number of halogens is 1. The lowest BCUT2D eigenvalue weighted by Crippen LogP contribution is -2.31. The van der Waals surface area contributed by atoms with E-state index in [-0.39, 0.29) is 17.1 Å². The summed E-state index contributed by atoms with van der Waals surface area (Å²) < 4.78 is 22.8. The van der Waals surface area contributed by atoms with Gasteiger partial charge < -0.3 is 23.5 Å². The summed E-state index contributed by atoms with van der Waals surface area (Å²) in [6, 6.07) is 9.75. The zero-order valence-corrected chi connectivity index (χ0v) is 21.7. The topological polar surface area (TPSA) is 78.2 Å². The van der Waals surface area contributed by atoms with E-state index in [2.05, 4.69) is 6.92 Å². The van der Waals surface area contributed by atoms with E-state index in [1.54, 1.807) is 37.3 Å². The van der Waals surface area contributed by atoms with Crippen molar-refractivity contribution in [3.05, 3.63) is 68.5 Å². The van der Waals surface area contributed by atoms with Crippen molar-refractivity contribution in [2.45, 2.75) is 45.1 Å². The van der Waals surface area contributed by atoms with Crippen LogP contribution in [0.3, 0.4) is 0 Å². The van der Waals surface area contributed by atoms with Gasteiger partial charge in [-0.3, -0.25) is 9.59 Å². The van der Waals surface area contributed by atoms with Crippen LogP contribution in [0.1, 0.15) is 66.8 Å². The number of fused-ring (bicyclic) bond motifs is 2. The molecule has 0 fully saturated rings. The highest BCUT2D eigenvalue weighted by Gasteiger charge is 2.42. The molecule has 7 nitrogen and oxygen atoms in total. The quantitative estimate of drug-likeness (QED) is 0.276. The van der Waals surface area contributed by atoms with Crippen LogP contribution < -0.4 is 14.9 Å². The van der Waals surface area contributed by atoms with E-state index in [9.17, 15) is 9.59 Å². The second-order valence-electron chi connectivity index (χ2n) is 8.88. The van der Waals surface area contributed by atoms with Crippen molar-refractivity contribution in [2.75, 3.05) is 34.0 Å². The number of methoxy groups -OCH3 is 2. The van der Waals surface area contributed by atoms with Gasteiger partial charge in [0.1, 0.15) is 5.58 Å². The molecule has 1 unspecified atom stereocenters. The number of nitrogens with zero attached hydrogens (tertiary/aromatic N) is 1. The molecule has 36 heavy (non-hydrogen) atoms. The van der Waals surface area contributed by atoms with Crippen LogP contribution in [0.2, 0.25) is 5.02 Å². The third-order valence-corrected chi connectivity index (χ3v) is 6.67. The Hall–Kier alpha value is -3.03. The summed E-state index contributed by atoms with van der Waals surface area (Å²) in [5.74, 6) is 0.919. The minimum absolute atomic E-state index is 0.0625. The summed E-state index contributed by atoms with van der Waals surface area (Å²) in [7, 11) is 3.20. The molecule has 2 heterocycles. The molecule has 0 spiro atoms. The molecule has 1 aromatic heterocycles. The van der Waals surface area contributed by atoms with Crippen LogP contribution >= 0.6 is 11.6 Å². The minimum Gasteiger partial charge on any atom is -0.493 e. The highest BCUT2D eigenvalue weighted by Crippen LogP contribution is 2.41. The fourth-order valence-corrected chi connectivity index (χ4v) is 4.81. The average molecular weight is 514 g/mol. The third-order valence-electron chi connectivity index (χ3n) is 6.43. The maximum absolute atomic E-state index is 13.6. The average Bonchev–Trinajstić information content (AvgIpc) is 3.16. The first-order chi connectivity index (χ1) is 17.5. The Bertz CT molecular complexity index is 1290. The molecular weight excluding hydrogens is 482 g/mol. The van der Waals surface area contributed by atoms with Crippen LogP contribution in [0.25, 0.3) is 11.0 Å². The van der Waals surface area contributed by atoms with Gasteiger partial charge in [-0.1, -0.05) is 43.9 Å². The summed E-state index contributed by atoms with van der Waals surface area (Å²) in [6.07, 6.45) is 5.03. The van der Waals surface area contributed by atoms with Gasteiger partial charge in [0.15, 0.2) is 16.9 Å². The summed E-state index contributed by atoms with van der Waals surface area (Å²) >= 11 is 6.16. The zero-order chi connectivity index (χ0) is 25.7. The van der Waals surface area contributed by atoms with Crippen molar-refractivity contribution in [2.24, 2.45) is 0 Å². The van der Waals surface area contributed by atoms with Gasteiger partial charge in [0.25, 0.3) is 5.91 Å². The lowest BCUT2D eigenvalue weighted by molar-refractivity contribution is 0.0707. The van der Waals surface area contributed by atoms with Crippen molar-refractivity contribution in [1.29, 1.82) is 0 Å². The fraction of sp³-hybridized carbons (Fsp3) is 0.429. The first-order valence-electron chi connectivity index (χ1n) is 12.4. The molecule has 3 aromatic rings. The van der Waals surface area contributed by atoms with Crippen molar-refractivity contribution >= 4 is 28.5 Å². The van der Waals surface area contributed by atoms with E-state index in [1.807, 2.05) is 18.2 Å². The number of carbonyl (C=O) groups is 1. The first kappa shape index (κ1) is 26.0. The Kier molecular flexibility index (Phi) is 8.54. The van der Waals surface area contributed by atoms with Gasteiger partial charge in [-0.15, -0.1) is 0 Å². The molecule has 0 saturated carbocycles. The van der Waals surface area contributed by atoms with E-state index in [4.69, 9.17) is 30.2 Å². The molecule has 192 valence electrons. The van der Waals surface area contributed by atoms with E-state index >= 15 is 0 Å². The number of ether oxygens (including phenoxy) is 3. The molecule has 1 aliphatic heterocycles.